The summed E-state index contributed by atoms with van der Waals surface area (Å²) in [7, 11) is 0. The summed E-state index contributed by atoms with van der Waals surface area (Å²) in [6.45, 7) is 7.17. The van der Waals surface area contributed by atoms with Crippen molar-refractivity contribution < 1.29 is 9.59 Å². The van der Waals surface area contributed by atoms with Gasteiger partial charge < -0.3 is 9.80 Å². The molecule has 1 aliphatic heterocycles. The van der Waals surface area contributed by atoms with Gasteiger partial charge in [-0.1, -0.05) is 48.9 Å². The van der Waals surface area contributed by atoms with Crippen LogP contribution in [0.15, 0.2) is 60.9 Å². The molecule has 206 valence electrons. The molecule has 2 amide bonds. The van der Waals surface area contributed by atoms with Crippen molar-refractivity contribution in [3.63, 3.8) is 0 Å². The molecule has 2 aromatic carbocycles. The van der Waals surface area contributed by atoms with Crippen LogP contribution in [0.2, 0.25) is 5.02 Å². The van der Waals surface area contributed by atoms with Crippen LogP contribution >= 0.6 is 11.6 Å². The first-order valence-corrected chi connectivity index (χ1v) is 14.6. The van der Waals surface area contributed by atoms with Crippen molar-refractivity contribution in [1.29, 1.82) is 0 Å². The highest BCUT2D eigenvalue weighted by atomic mass is 35.5. The van der Waals surface area contributed by atoms with E-state index in [1.807, 2.05) is 51.0 Å². The minimum absolute atomic E-state index is 0.0199. The molecule has 0 saturated heterocycles. The van der Waals surface area contributed by atoms with Crippen LogP contribution in [0.1, 0.15) is 60.5 Å². The predicted octanol–water partition coefficient (Wildman–Crippen LogP) is 5.63. The lowest BCUT2D eigenvalue weighted by Crippen LogP contribution is -2.39. The van der Waals surface area contributed by atoms with Gasteiger partial charge in [0.05, 0.1) is 11.8 Å². The summed E-state index contributed by atoms with van der Waals surface area (Å²) in [4.78, 5) is 33.5. The molecule has 1 aromatic heterocycles. The van der Waals surface area contributed by atoms with Crippen LogP contribution in [0.3, 0.4) is 0 Å². The summed E-state index contributed by atoms with van der Waals surface area (Å²) in [5, 5.41) is 5.13. The zero-order valence-corrected chi connectivity index (χ0v) is 23.5. The maximum atomic E-state index is 13.7. The Kier molecular flexibility index (Phi) is 8.99. The highest BCUT2D eigenvalue weighted by Crippen LogP contribution is 2.34. The monoisotopic (exact) mass is 547 g/mol. The number of carbonyl (C=O) groups is 2. The van der Waals surface area contributed by atoms with Crippen LogP contribution in [-0.4, -0.2) is 57.6 Å². The number of hydrogen-bond donors (Lipinski definition) is 0. The first kappa shape index (κ1) is 27.4. The molecule has 8 heteroatoms. The summed E-state index contributed by atoms with van der Waals surface area (Å²) < 4.78 is 1.83. The zero-order chi connectivity index (χ0) is 27.2. The number of fused-ring (bicyclic) bond motifs is 1. The number of amides is 2. The van der Waals surface area contributed by atoms with Gasteiger partial charge in [-0.05, 0) is 61.4 Å². The fourth-order valence-electron chi connectivity index (χ4n) is 5.33. The van der Waals surface area contributed by atoms with Crippen molar-refractivity contribution in [3.8, 4) is 0 Å². The first-order chi connectivity index (χ1) is 19.0. The summed E-state index contributed by atoms with van der Waals surface area (Å²) in [6.07, 6.45) is 8.16. The topological polar surface area (TPSA) is 61.7 Å². The molecule has 7 nitrogen and oxygen atoms in total. The average molecular weight is 548 g/mol. The van der Waals surface area contributed by atoms with Gasteiger partial charge in [-0.3, -0.25) is 19.2 Å². The van der Waals surface area contributed by atoms with Gasteiger partial charge in [0.1, 0.15) is 0 Å². The van der Waals surface area contributed by atoms with E-state index in [1.54, 1.807) is 6.20 Å². The number of para-hydroxylation sites is 1. The molecule has 1 aliphatic carbocycles. The summed E-state index contributed by atoms with van der Waals surface area (Å²) in [5.41, 5.74) is 3.76. The van der Waals surface area contributed by atoms with Crippen LogP contribution in [0.25, 0.3) is 0 Å². The summed E-state index contributed by atoms with van der Waals surface area (Å²) in [6, 6.07) is 16.1. The van der Waals surface area contributed by atoms with Gasteiger partial charge >= 0.3 is 0 Å². The Morgan fingerprint density at radius 1 is 0.974 bits per heavy atom. The smallest absolute Gasteiger partial charge is 0.257 e. The molecule has 0 radical (unpaired) electrons. The standard InChI is InChI=1S/C31H38ClN5O2/c1-2-15-36-23-27(20-33-36)30(38)35-18-5-16-34(21-24-9-13-28(32)14-10-24)17-6-19-37(31(39)25-11-12-25)29-8-4-3-7-26(29)22-35/h3-4,7-10,13-14,20,23,25H,2,5-6,11-12,15-19,21-22H2,1H3. The number of benzene rings is 2. The Hall–Kier alpha value is -3.16. The Morgan fingerprint density at radius 2 is 1.72 bits per heavy atom. The quantitative estimate of drug-likeness (QED) is 0.401. The third-order valence-electron chi connectivity index (χ3n) is 7.53. The Morgan fingerprint density at radius 3 is 2.46 bits per heavy atom. The van der Waals surface area contributed by atoms with Crippen molar-refractivity contribution >= 4 is 29.1 Å². The maximum absolute atomic E-state index is 13.7. The SMILES string of the molecule is CCCn1cc(C(=O)N2CCCN(Cc3ccc(Cl)cc3)CCCN(C(=O)C3CC3)c3ccccc3C2)cn1. The van der Waals surface area contributed by atoms with Gasteiger partial charge in [0.15, 0.2) is 0 Å². The van der Waals surface area contributed by atoms with E-state index in [1.165, 1.54) is 5.56 Å². The second-order valence-corrected chi connectivity index (χ2v) is 11.2. The fourth-order valence-corrected chi connectivity index (χ4v) is 5.46. The van der Waals surface area contributed by atoms with Crippen molar-refractivity contribution in [3.05, 3.63) is 82.6 Å². The number of nitrogens with zero attached hydrogens (tertiary/aromatic N) is 5. The van der Waals surface area contributed by atoms with Crippen LogP contribution < -0.4 is 4.90 Å². The van der Waals surface area contributed by atoms with Gasteiger partial charge in [-0.2, -0.15) is 5.10 Å². The zero-order valence-electron chi connectivity index (χ0n) is 22.8. The molecule has 2 aliphatic rings. The van der Waals surface area contributed by atoms with E-state index in [9.17, 15) is 9.59 Å². The number of carbonyl (C=O) groups excluding carboxylic acids is 2. The normalized spacial score (nSPS) is 17.3. The van der Waals surface area contributed by atoms with E-state index < -0.39 is 0 Å². The molecule has 0 atom stereocenters. The van der Waals surface area contributed by atoms with Gasteiger partial charge in [-0.15, -0.1) is 0 Å². The third-order valence-corrected chi connectivity index (χ3v) is 7.79. The average Bonchev–Trinajstić information content (AvgIpc) is 3.69. The summed E-state index contributed by atoms with van der Waals surface area (Å²) in [5.74, 6) is 0.314. The highest BCUT2D eigenvalue weighted by molar-refractivity contribution is 6.30. The van der Waals surface area contributed by atoms with Crippen molar-refractivity contribution in [2.75, 3.05) is 31.1 Å². The van der Waals surface area contributed by atoms with Gasteiger partial charge in [0.25, 0.3) is 5.91 Å². The lowest BCUT2D eigenvalue weighted by Gasteiger charge is -2.31. The van der Waals surface area contributed by atoms with Gasteiger partial charge in [0, 0.05) is 68.6 Å². The Bertz CT molecular complexity index is 1270. The molecule has 0 N–H and O–H groups in total. The van der Waals surface area contributed by atoms with Gasteiger partial charge in [0.2, 0.25) is 5.91 Å². The minimum atomic E-state index is -0.0199. The maximum Gasteiger partial charge on any atom is 0.257 e. The van der Waals surface area contributed by atoms with Crippen LogP contribution in [-0.2, 0) is 24.4 Å². The number of aromatic nitrogens is 2. The Balaban J connectivity index is 1.42. The van der Waals surface area contributed by atoms with Crippen molar-refractivity contribution in [1.82, 2.24) is 19.6 Å². The van der Waals surface area contributed by atoms with E-state index >= 15 is 0 Å². The van der Waals surface area contributed by atoms with E-state index in [0.717, 1.165) is 74.6 Å². The molecule has 0 bridgehead atoms. The second kappa shape index (κ2) is 12.8. The largest absolute Gasteiger partial charge is 0.334 e. The van der Waals surface area contributed by atoms with Crippen LogP contribution in [0.5, 0.6) is 0 Å². The molecule has 1 saturated carbocycles. The minimum Gasteiger partial charge on any atom is -0.334 e. The second-order valence-electron chi connectivity index (χ2n) is 10.7. The fraction of sp³-hybridized carbons (Fsp3) is 0.452. The molecule has 5 rings (SSSR count). The van der Waals surface area contributed by atoms with Crippen molar-refractivity contribution in [2.24, 2.45) is 5.92 Å². The predicted molar refractivity (Wildman–Crippen MR) is 155 cm³/mol. The molecule has 0 spiro atoms. The lowest BCUT2D eigenvalue weighted by molar-refractivity contribution is -0.119. The number of rotatable bonds is 6. The van der Waals surface area contributed by atoms with E-state index in [4.69, 9.17) is 11.6 Å². The number of hydrogen-bond acceptors (Lipinski definition) is 4. The lowest BCUT2D eigenvalue weighted by atomic mass is 10.1. The number of halogens is 1. The molecule has 2 heterocycles. The van der Waals surface area contributed by atoms with Crippen molar-refractivity contribution in [2.45, 2.75) is 58.7 Å². The Labute approximate surface area is 236 Å². The molecule has 1 fully saturated rings. The summed E-state index contributed by atoms with van der Waals surface area (Å²) >= 11 is 6.11. The number of anilines is 1. The van der Waals surface area contributed by atoms with Crippen LogP contribution in [0.4, 0.5) is 5.69 Å². The highest BCUT2D eigenvalue weighted by Gasteiger charge is 2.35. The van der Waals surface area contributed by atoms with Gasteiger partial charge in [-0.25, -0.2) is 0 Å². The third kappa shape index (κ3) is 7.08. The molecular weight excluding hydrogens is 510 g/mol. The van der Waals surface area contributed by atoms with E-state index in [0.29, 0.717) is 25.2 Å². The molecule has 39 heavy (non-hydrogen) atoms. The molecular formula is C31H38ClN5O2. The van der Waals surface area contributed by atoms with E-state index in [-0.39, 0.29) is 17.7 Å². The van der Waals surface area contributed by atoms with Crippen LogP contribution in [0, 0.1) is 5.92 Å². The molecule has 3 aromatic rings. The van der Waals surface area contributed by atoms with E-state index in [2.05, 4.69) is 35.1 Å². The number of aryl methyl sites for hydroxylation is 1. The first-order valence-electron chi connectivity index (χ1n) is 14.2. The molecule has 0 unspecified atom stereocenters.